The van der Waals surface area contributed by atoms with Gasteiger partial charge in [0.05, 0.1) is 0 Å². The zero-order valence-corrected chi connectivity index (χ0v) is 15.5. The van der Waals surface area contributed by atoms with Crippen LogP contribution in [-0.4, -0.2) is 49.7 Å². The summed E-state index contributed by atoms with van der Waals surface area (Å²) in [6.07, 6.45) is 4.04. The van der Waals surface area contributed by atoms with Crippen LogP contribution in [0.3, 0.4) is 0 Å². The monoisotopic (exact) mass is 411 g/mol. The van der Waals surface area contributed by atoms with Gasteiger partial charge in [-0.25, -0.2) is 8.78 Å². The standard InChI is InChI=1S/C17H20BrF2N5/c1-23-7-12(16(22-23)17(19)20)8-25-14-3-15(25)10-24(9-14)6-11-2-13(18)5-21-4-11/h2,4-5,7,14-15,17H,3,6,8-10H2,1H3. The van der Waals surface area contributed by atoms with E-state index in [2.05, 4.69) is 41.9 Å². The molecule has 2 aromatic heterocycles. The van der Waals surface area contributed by atoms with Crippen molar-refractivity contribution in [1.82, 2.24) is 24.6 Å². The summed E-state index contributed by atoms with van der Waals surface area (Å²) < 4.78 is 28.7. The Balaban J connectivity index is 1.39. The van der Waals surface area contributed by atoms with Crippen molar-refractivity contribution in [3.05, 3.63) is 46.0 Å². The minimum Gasteiger partial charge on any atom is -0.296 e. The molecule has 3 saturated heterocycles. The second-order valence-corrected chi connectivity index (χ2v) is 7.85. The molecular weight excluding hydrogens is 392 g/mol. The van der Waals surface area contributed by atoms with Crippen molar-refractivity contribution in [2.45, 2.75) is 38.0 Å². The highest BCUT2D eigenvalue weighted by Crippen LogP contribution is 2.35. The third kappa shape index (κ3) is 3.47. The van der Waals surface area contributed by atoms with E-state index in [1.54, 1.807) is 19.4 Å². The van der Waals surface area contributed by atoms with E-state index < -0.39 is 6.43 Å². The molecule has 3 aliphatic rings. The number of halogens is 3. The molecule has 0 aromatic carbocycles. The summed E-state index contributed by atoms with van der Waals surface area (Å²) >= 11 is 3.46. The summed E-state index contributed by atoms with van der Waals surface area (Å²) in [4.78, 5) is 8.99. The van der Waals surface area contributed by atoms with Crippen LogP contribution in [0.2, 0.25) is 0 Å². The van der Waals surface area contributed by atoms with Crippen molar-refractivity contribution in [3.8, 4) is 0 Å². The second kappa shape index (κ2) is 6.74. The fourth-order valence-electron chi connectivity index (χ4n) is 4.02. The molecule has 0 N–H and O–H groups in total. The van der Waals surface area contributed by atoms with Crippen LogP contribution in [0.1, 0.15) is 29.7 Å². The normalized spacial score (nSPS) is 23.9. The molecule has 0 aliphatic carbocycles. The Morgan fingerprint density at radius 2 is 2.00 bits per heavy atom. The van der Waals surface area contributed by atoms with Crippen molar-refractivity contribution in [1.29, 1.82) is 0 Å². The van der Waals surface area contributed by atoms with Gasteiger partial charge in [-0.1, -0.05) is 0 Å². The summed E-state index contributed by atoms with van der Waals surface area (Å²) in [5.41, 5.74) is 1.76. The van der Waals surface area contributed by atoms with Gasteiger partial charge in [0.2, 0.25) is 0 Å². The lowest BCUT2D eigenvalue weighted by Crippen LogP contribution is -2.67. The molecule has 0 saturated carbocycles. The van der Waals surface area contributed by atoms with E-state index in [0.29, 0.717) is 24.2 Å². The van der Waals surface area contributed by atoms with Crippen LogP contribution in [0.5, 0.6) is 0 Å². The van der Waals surface area contributed by atoms with Gasteiger partial charge >= 0.3 is 0 Å². The number of hydrogen-bond donors (Lipinski definition) is 0. The number of fused-ring (bicyclic) bond motifs is 2. The lowest BCUT2D eigenvalue weighted by atomic mass is 9.86. The summed E-state index contributed by atoms with van der Waals surface area (Å²) in [6, 6.07) is 2.96. The van der Waals surface area contributed by atoms with Crippen LogP contribution in [0, 0.1) is 0 Å². The Bertz CT molecular complexity index is 753. The molecule has 0 radical (unpaired) electrons. The van der Waals surface area contributed by atoms with Crippen LogP contribution < -0.4 is 0 Å². The maximum absolute atomic E-state index is 13.1. The molecule has 2 unspecified atom stereocenters. The highest BCUT2D eigenvalue weighted by molar-refractivity contribution is 9.10. The van der Waals surface area contributed by atoms with E-state index in [4.69, 9.17) is 0 Å². The average molecular weight is 412 g/mol. The minimum absolute atomic E-state index is 0.0791. The highest BCUT2D eigenvalue weighted by Gasteiger charge is 2.44. The fraction of sp³-hybridized carbons (Fsp3) is 0.529. The van der Waals surface area contributed by atoms with Gasteiger partial charge in [0.1, 0.15) is 5.69 Å². The van der Waals surface area contributed by atoms with Gasteiger partial charge in [-0.15, -0.1) is 0 Å². The van der Waals surface area contributed by atoms with Gasteiger partial charge in [0.25, 0.3) is 6.43 Å². The largest absolute Gasteiger partial charge is 0.296 e. The van der Waals surface area contributed by atoms with Gasteiger partial charge in [-0.05, 0) is 34.0 Å². The lowest BCUT2D eigenvalue weighted by Gasteiger charge is -2.56. The van der Waals surface area contributed by atoms with E-state index in [1.165, 1.54) is 10.2 Å². The molecule has 134 valence electrons. The number of pyridine rings is 1. The van der Waals surface area contributed by atoms with Crippen molar-refractivity contribution in [3.63, 3.8) is 0 Å². The van der Waals surface area contributed by atoms with Gasteiger partial charge in [0.15, 0.2) is 0 Å². The quantitative estimate of drug-likeness (QED) is 0.757. The number of hydrogen-bond acceptors (Lipinski definition) is 4. The highest BCUT2D eigenvalue weighted by atomic mass is 79.9. The van der Waals surface area contributed by atoms with Crippen LogP contribution >= 0.6 is 15.9 Å². The van der Waals surface area contributed by atoms with E-state index in [-0.39, 0.29) is 5.69 Å². The molecule has 2 atom stereocenters. The Morgan fingerprint density at radius 3 is 2.68 bits per heavy atom. The number of piperazine rings is 1. The van der Waals surface area contributed by atoms with Gasteiger partial charge < -0.3 is 0 Å². The first-order valence-corrected chi connectivity index (χ1v) is 9.17. The van der Waals surface area contributed by atoms with E-state index in [9.17, 15) is 8.78 Å². The maximum Gasteiger partial charge on any atom is 0.282 e. The number of aryl methyl sites for hydroxylation is 1. The van der Waals surface area contributed by atoms with E-state index in [1.807, 2.05) is 6.20 Å². The second-order valence-electron chi connectivity index (χ2n) is 6.94. The first-order valence-electron chi connectivity index (χ1n) is 8.37. The fourth-order valence-corrected chi connectivity index (χ4v) is 4.43. The zero-order chi connectivity index (χ0) is 17.6. The number of rotatable bonds is 5. The predicted molar refractivity (Wildman–Crippen MR) is 93.1 cm³/mol. The third-order valence-electron chi connectivity index (χ3n) is 5.08. The minimum atomic E-state index is -2.52. The lowest BCUT2D eigenvalue weighted by molar-refractivity contribution is -0.0778. The molecule has 25 heavy (non-hydrogen) atoms. The number of piperidine rings is 1. The molecule has 2 aromatic rings. The summed E-state index contributed by atoms with van der Waals surface area (Å²) in [5, 5.41) is 3.91. The first kappa shape index (κ1) is 17.1. The summed E-state index contributed by atoms with van der Waals surface area (Å²) in [7, 11) is 1.69. The average Bonchev–Trinajstić information content (AvgIpc) is 2.94. The Hall–Kier alpha value is -1.38. The molecule has 5 nitrogen and oxygen atoms in total. The van der Waals surface area contributed by atoms with Crippen LogP contribution in [0.25, 0.3) is 0 Å². The molecule has 5 rings (SSSR count). The van der Waals surface area contributed by atoms with Crippen molar-refractivity contribution < 1.29 is 8.78 Å². The van der Waals surface area contributed by atoms with Crippen LogP contribution in [0.15, 0.2) is 29.1 Å². The Labute approximate surface area is 153 Å². The van der Waals surface area contributed by atoms with Crippen molar-refractivity contribution >= 4 is 15.9 Å². The van der Waals surface area contributed by atoms with Crippen molar-refractivity contribution in [2.24, 2.45) is 7.05 Å². The summed E-state index contributed by atoms with van der Waals surface area (Å²) in [6.45, 7) is 3.37. The number of aromatic nitrogens is 3. The topological polar surface area (TPSA) is 37.2 Å². The first-order chi connectivity index (χ1) is 12.0. The molecule has 5 heterocycles. The molecule has 2 bridgehead atoms. The molecule has 0 amide bonds. The van der Waals surface area contributed by atoms with Gasteiger partial charge in [-0.2, -0.15) is 5.10 Å². The maximum atomic E-state index is 13.1. The van der Waals surface area contributed by atoms with E-state index >= 15 is 0 Å². The molecule has 3 aliphatic heterocycles. The molecule has 0 spiro atoms. The number of alkyl halides is 2. The summed E-state index contributed by atoms with van der Waals surface area (Å²) in [5.74, 6) is 0. The van der Waals surface area contributed by atoms with Crippen LogP contribution in [0.4, 0.5) is 8.78 Å². The predicted octanol–water partition coefficient (Wildman–Crippen LogP) is 2.97. The third-order valence-corrected chi connectivity index (χ3v) is 5.52. The Kier molecular flexibility index (Phi) is 4.59. The molecular formula is C17H20BrF2N5. The smallest absolute Gasteiger partial charge is 0.282 e. The molecule has 8 heteroatoms. The van der Waals surface area contributed by atoms with Gasteiger partial charge in [-0.3, -0.25) is 19.5 Å². The Morgan fingerprint density at radius 1 is 1.24 bits per heavy atom. The van der Waals surface area contributed by atoms with Gasteiger partial charge in [0, 0.05) is 73.9 Å². The van der Waals surface area contributed by atoms with E-state index in [0.717, 1.165) is 30.5 Å². The molecule has 3 fully saturated rings. The number of nitrogens with zero attached hydrogens (tertiary/aromatic N) is 5. The van der Waals surface area contributed by atoms with Crippen molar-refractivity contribution in [2.75, 3.05) is 13.1 Å². The zero-order valence-electron chi connectivity index (χ0n) is 13.9. The SMILES string of the molecule is Cn1cc(CN2C3CC2CN(Cc2cncc(Br)c2)C3)c(C(F)F)n1. The van der Waals surface area contributed by atoms with Crippen LogP contribution in [-0.2, 0) is 20.1 Å².